The lowest BCUT2D eigenvalue weighted by Crippen LogP contribution is -2.41. The van der Waals surface area contributed by atoms with Crippen LogP contribution in [0.2, 0.25) is 0 Å². The van der Waals surface area contributed by atoms with Crippen LogP contribution in [-0.4, -0.2) is 35.8 Å². The molecule has 0 aromatic carbocycles. The van der Waals surface area contributed by atoms with Crippen molar-refractivity contribution in [1.82, 2.24) is 14.7 Å². The van der Waals surface area contributed by atoms with Gasteiger partial charge in [-0.15, -0.1) is 0 Å². The van der Waals surface area contributed by atoms with Crippen molar-refractivity contribution in [1.29, 1.82) is 0 Å². The Morgan fingerprint density at radius 2 is 1.85 bits per heavy atom. The minimum Gasteiger partial charge on any atom is -0.473 e. The van der Waals surface area contributed by atoms with E-state index in [0.717, 1.165) is 38.5 Å². The second-order valence-corrected chi connectivity index (χ2v) is 7.49. The first-order valence-electron chi connectivity index (χ1n) is 7.07. The summed E-state index contributed by atoms with van der Waals surface area (Å²) in [7, 11) is -3.08. The SMILES string of the molecule is O=S(=O)(NC1CCC(Oc2cnccn2)CC1)C1CC1. The smallest absolute Gasteiger partial charge is 0.232 e. The Morgan fingerprint density at radius 3 is 2.45 bits per heavy atom. The Labute approximate surface area is 119 Å². The topological polar surface area (TPSA) is 81.2 Å². The number of rotatable bonds is 5. The molecular weight excluding hydrogens is 278 g/mol. The molecular formula is C13H19N3O3S. The van der Waals surface area contributed by atoms with Crippen molar-refractivity contribution < 1.29 is 13.2 Å². The molecule has 0 saturated heterocycles. The van der Waals surface area contributed by atoms with Crippen LogP contribution in [-0.2, 0) is 10.0 Å². The highest BCUT2D eigenvalue weighted by Crippen LogP contribution is 2.29. The number of nitrogens with one attached hydrogen (secondary N) is 1. The van der Waals surface area contributed by atoms with Gasteiger partial charge in [-0.2, -0.15) is 0 Å². The predicted molar refractivity (Wildman–Crippen MR) is 73.8 cm³/mol. The van der Waals surface area contributed by atoms with Crippen molar-refractivity contribution in [3.05, 3.63) is 18.6 Å². The van der Waals surface area contributed by atoms with E-state index in [1.807, 2.05) is 0 Å². The van der Waals surface area contributed by atoms with Gasteiger partial charge in [-0.3, -0.25) is 4.98 Å². The van der Waals surface area contributed by atoms with Crippen LogP contribution < -0.4 is 9.46 Å². The summed E-state index contributed by atoms with van der Waals surface area (Å²) in [4.78, 5) is 8.05. The lowest BCUT2D eigenvalue weighted by molar-refractivity contribution is 0.138. The predicted octanol–water partition coefficient (Wildman–Crippen LogP) is 1.25. The van der Waals surface area contributed by atoms with Gasteiger partial charge in [0, 0.05) is 18.4 Å². The number of nitrogens with zero attached hydrogens (tertiary/aromatic N) is 2. The Bertz CT molecular complexity index is 537. The number of sulfonamides is 1. The van der Waals surface area contributed by atoms with Crippen LogP contribution in [0.4, 0.5) is 0 Å². The fraction of sp³-hybridized carbons (Fsp3) is 0.692. The third kappa shape index (κ3) is 3.46. The van der Waals surface area contributed by atoms with Gasteiger partial charge in [0.2, 0.25) is 15.9 Å². The molecule has 7 heteroatoms. The third-order valence-electron chi connectivity index (χ3n) is 3.80. The fourth-order valence-corrected chi connectivity index (χ4v) is 4.17. The average molecular weight is 297 g/mol. The normalized spacial score (nSPS) is 27.2. The molecule has 0 atom stereocenters. The van der Waals surface area contributed by atoms with Gasteiger partial charge in [0.1, 0.15) is 6.10 Å². The molecule has 1 aromatic rings. The van der Waals surface area contributed by atoms with Crippen LogP contribution in [0.1, 0.15) is 38.5 Å². The van der Waals surface area contributed by atoms with Crippen molar-refractivity contribution in [2.75, 3.05) is 0 Å². The Balaban J connectivity index is 1.47. The maximum atomic E-state index is 11.9. The zero-order valence-electron chi connectivity index (χ0n) is 11.2. The maximum Gasteiger partial charge on any atom is 0.232 e. The van der Waals surface area contributed by atoms with Crippen LogP contribution in [0.5, 0.6) is 5.88 Å². The molecule has 6 nitrogen and oxygen atoms in total. The largest absolute Gasteiger partial charge is 0.473 e. The average Bonchev–Trinajstić information content (AvgIpc) is 3.27. The Morgan fingerprint density at radius 1 is 1.10 bits per heavy atom. The summed E-state index contributed by atoms with van der Waals surface area (Å²) in [6.45, 7) is 0. The van der Waals surface area contributed by atoms with Gasteiger partial charge < -0.3 is 4.74 Å². The second kappa shape index (κ2) is 5.65. The lowest BCUT2D eigenvalue weighted by atomic mass is 9.94. The van der Waals surface area contributed by atoms with Crippen LogP contribution >= 0.6 is 0 Å². The second-order valence-electron chi connectivity index (χ2n) is 5.50. The van der Waals surface area contributed by atoms with Crippen LogP contribution in [0, 0.1) is 0 Å². The minimum atomic E-state index is -3.08. The summed E-state index contributed by atoms with van der Waals surface area (Å²) < 4.78 is 32.3. The molecule has 0 spiro atoms. The summed E-state index contributed by atoms with van der Waals surface area (Å²) >= 11 is 0. The number of ether oxygens (including phenoxy) is 1. The lowest BCUT2D eigenvalue weighted by Gasteiger charge is -2.28. The molecule has 0 amide bonds. The van der Waals surface area contributed by atoms with Crippen LogP contribution in [0.25, 0.3) is 0 Å². The molecule has 20 heavy (non-hydrogen) atoms. The summed E-state index contributed by atoms with van der Waals surface area (Å²) in [5.41, 5.74) is 0. The van der Waals surface area contributed by atoms with Gasteiger partial charge in [0.25, 0.3) is 0 Å². The monoisotopic (exact) mass is 297 g/mol. The number of hydrogen-bond acceptors (Lipinski definition) is 5. The Hall–Kier alpha value is -1.21. The van der Waals surface area contributed by atoms with E-state index in [9.17, 15) is 8.42 Å². The van der Waals surface area contributed by atoms with Crippen molar-refractivity contribution in [3.63, 3.8) is 0 Å². The number of aromatic nitrogens is 2. The van der Waals surface area contributed by atoms with E-state index < -0.39 is 10.0 Å². The zero-order valence-corrected chi connectivity index (χ0v) is 12.1. The fourth-order valence-electron chi connectivity index (χ4n) is 2.52. The summed E-state index contributed by atoms with van der Waals surface area (Å²) in [5, 5.41) is -0.143. The van der Waals surface area contributed by atoms with Gasteiger partial charge >= 0.3 is 0 Å². The van der Waals surface area contributed by atoms with Gasteiger partial charge in [0.05, 0.1) is 11.4 Å². The first kappa shape index (κ1) is 13.8. The minimum absolute atomic E-state index is 0.0577. The van der Waals surface area contributed by atoms with E-state index in [1.165, 1.54) is 0 Å². The van der Waals surface area contributed by atoms with Crippen LogP contribution in [0.15, 0.2) is 18.6 Å². The highest BCUT2D eigenvalue weighted by atomic mass is 32.2. The van der Waals surface area contributed by atoms with Gasteiger partial charge in [-0.05, 0) is 38.5 Å². The molecule has 0 aliphatic heterocycles. The van der Waals surface area contributed by atoms with Crippen molar-refractivity contribution in [2.45, 2.75) is 55.9 Å². The van der Waals surface area contributed by atoms with E-state index in [0.29, 0.717) is 5.88 Å². The van der Waals surface area contributed by atoms with E-state index in [4.69, 9.17) is 4.74 Å². The number of hydrogen-bond donors (Lipinski definition) is 1. The molecule has 1 N–H and O–H groups in total. The standard InChI is InChI=1S/C13H19N3O3S/c17-20(18,12-5-6-12)16-10-1-3-11(4-2-10)19-13-9-14-7-8-15-13/h7-12,16H,1-6H2. The van der Waals surface area contributed by atoms with Crippen LogP contribution in [0.3, 0.4) is 0 Å². The van der Waals surface area contributed by atoms with E-state index in [2.05, 4.69) is 14.7 Å². The molecule has 2 saturated carbocycles. The first-order chi connectivity index (χ1) is 9.63. The molecule has 2 aliphatic carbocycles. The molecule has 2 fully saturated rings. The quantitative estimate of drug-likeness (QED) is 0.884. The van der Waals surface area contributed by atoms with Gasteiger partial charge in [0.15, 0.2) is 0 Å². The van der Waals surface area contributed by atoms with Crippen molar-refractivity contribution >= 4 is 10.0 Å². The Kier molecular flexibility index (Phi) is 3.89. The zero-order chi connectivity index (χ0) is 14.0. The van der Waals surface area contributed by atoms with Gasteiger partial charge in [-0.25, -0.2) is 18.1 Å². The van der Waals surface area contributed by atoms with E-state index in [1.54, 1.807) is 18.6 Å². The summed E-state index contributed by atoms with van der Waals surface area (Å²) in [5.74, 6) is 0.537. The first-order valence-corrected chi connectivity index (χ1v) is 8.62. The molecule has 1 heterocycles. The van der Waals surface area contributed by atoms with Gasteiger partial charge in [-0.1, -0.05) is 0 Å². The highest BCUT2D eigenvalue weighted by Gasteiger charge is 2.37. The molecule has 1 aromatic heterocycles. The molecule has 110 valence electrons. The molecule has 0 unspecified atom stereocenters. The molecule has 3 rings (SSSR count). The summed E-state index contributed by atoms with van der Waals surface area (Å²) in [6, 6.07) is 0.0577. The van der Waals surface area contributed by atoms with Crippen molar-refractivity contribution in [2.24, 2.45) is 0 Å². The molecule has 0 radical (unpaired) electrons. The van der Waals surface area contributed by atoms with Crippen molar-refractivity contribution in [3.8, 4) is 5.88 Å². The molecule has 2 aliphatic rings. The highest BCUT2D eigenvalue weighted by molar-refractivity contribution is 7.90. The molecule has 0 bridgehead atoms. The van der Waals surface area contributed by atoms with E-state index in [-0.39, 0.29) is 17.4 Å². The third-order valence-corrected chi connectivity index (χ3v) is 5.81. The van der Waals surface area contributed by atoms with E-state index >= 15 is 0 Å². The summed E-state index contributed by atoms with van der Waals surface area (Å²) in [6.07, 6.45) is 9.84. The maximum absolute atomic E-state index is 11.9.